The maximum Gasteiger partial charge on any atom is 0.0426 e. The number of hydrogen-bond acceptors (Lipinski definition) is 2. The van der Waals surface area contributed by atoms with Crippen LogP contribution in [0, 0.1) is 6.92 Å². The van der Waals surface area contributed by atoms with Crippen LogP contribution in [0.1, 0.15) is 16.7 Å². The maximum absolute atomic E-state index is 3.44. The summed E-state index contributed by atoms with van der Waals surface area (Å²) in [5.74, 6) is 0. The summed E-state index contributed by atoms with van der Waals surface area (Å²) >= 11 is 0. The highest BCUT2D eigenvalue weighted by atomic mass is 15.1. The first kappa shape index (κ1) is 12.1. The smallest absolute Gasteiger partial charge is 0.0426 e. The van der Waals surface area contributed by atoms with Gasteiger partial charge < -0.3 is 10.2 Å². The lowest BCUT2D eigenvalue weighted by molar-refractivity contribution is 0.922. The summed E-state index contributed by atoms with van der Waals surface area (Å²) in [4.78, 5) is 2.29. The van der Waals surface area contributed by atoms with Crippen molar-refractivity contribution in [1.82, 2.24) is 0 Å². The number of fused-ring (bicyclic) bond motifs is 1. The topological polar surface area (TPSA) is 15.3 Å². The van der Waals surface area contributed by atoms with Crippen LogP contribution in [-0.4, -0.2) is 13.6 Å². The Morgan fingerprint density at radius 2 is 1.89 bits per heavy atom. The molecular weight excluding hydrogens is 232 g/mol. The van der Waals surface area contributed by atoms with Crippen molar-refractivity contribution in [2.24, 2.45) is 0 Å². The van der Waals surface area contributed by atoms with Gasteiger partial charge in [-0.1, -0.05) is 29.8 Å². The maximum atomic E-state index is 3.44. The summed E-state index contributed by atoms with van der Waals surface area (Å²) in [7, 11) is 2.14. The van der Waals surface area contributed by atoms with Gasteiger partial charge in [-0.2, -0.15) is 0 Å². The highest BCUT2D eigenvalue weighted by Crippen LogP contribution is 2.24. The Kier molecular flexibility index (Phi) is 3.16. The Hall–Kier alpha value is -1.96. The molecule has 0 unspecified atom stereocenters. The lowest BCUT2D eigenvalue weighted by Crippen LogP contribution is -2.16. The summed E-state index contributed by atoms with van der Waals surface area (Å²) in [6.07, 6.45) is 1.16. The molecular formula is C17H20N2. The van der Waals surface area contributed by atoms with E-state index in [2.05, 4.69) is 66.7 Å². The summed E-state index contributed by atoms with van der Waals surface area (Å²) in [5.41, 5.74) is 6.69. The molecule has 0 saturated heterocycles. The minimum atomic E-state index is 0.942. The third kappa shape index (κ3) is 2.58. The summed E-state index contributed by atoms with van der Waals surface area (Å²) in [5, 5.41) is 3.44. The average molecular weight is 252 g/mol. The number of nitrogens with zero attached hydrogens (tertiary/aromatic N) is 1. The molecule has 0 amide bonds. The van der Waals surface area contributed by atoms with Crippen LogP contribution in [0.4, 0.5) is 11.4 Å². The van der Waals surface area contributed by atoms with Crippen LogP contribution in [-0.2, 0) is 13.0 Å². The van der Waals surface area contributed by atoms with Crippen molar-refractivity contribution < 1.29 is 0 Å². The standard InChI is InChI=1S/C17H20N2/c1-13-3-7-16(8-4-13)19(2)12-14-5-6-15-9-10-18-17(15)11-14/h3-8,11,18H,9-10,12H2,1-2H3. The third-order valence-corrected chi connectivity index (χ3v) is 3.78. The monoisotopic (exact) mass is 252 g/mol. The van der Waals surface area contributed by atoms with E-state index in [-0.39, 0.29) is 0 Å². The van der Waals surface area contributed by atoms with E-state index in [4.69, 9.17) is 0 Å². The lowest BCUT2D eigenvalue weighted by Gasteiger charge is -2.20. The van der Waals surface area contributed by atoms with E-state index < -0.39 is 0 Å². The molecule has 0 fully saturated rings. The first-order chi connectivity index (χ1) is 9.22. The number of anilines is 2. The minimum absolute atomic E-state index is 0.942. The number of benzene rings is 2. The van der Waals surface area contributed by atoms with Crippen LogP contribution in [0.5, 0.6) is 0 Å². The Morgan fingerprint density at radius 1 is 1.11 bits per heavy atom. The van der Waals surface area contributed by atoms with Crippen molar-refractivity contribution in [3.05, 3.63) is 59.2 Å². The van der Waals surface area contributed by atoms with Gasteiger partial charge in [0.2, 0.25) is 0 Å². The molecule has 98 valence electrons. The number of aryl methyl sites for hydroxylation is 1. The third-order valence-electron chi connectivity index (χ3n) is 3.78. The fraction of sp³-hybridized carbons (Fsp3) is 0.294. The number of rotatable bonds is 3. The van der Waals surface area contributed by atoms with Gasteiger partial charge in [0.1, 0.15) is 0 Å². The van der Waals surface area contributed by atoms with E-state index >= 15 is 0 Å². The van der Waals surface area contributed by atoms with Crippen molar-refractivity contribution >= 4 is 11.4 Å². The zero-order valence-electron chi connectivity index (χ0n) is 11.6. The first-order valence-corrected chi connectivity index (χ1v) is 6.86. The van der Waals surface area contributed by atoms with Crippen LogP contribution in [0.3, 0.4) is 0 Å². The van der Waals surface area contributed by atoms with Gasteiger partial charge in [-0.25, -0.2) is 0 Å². The van der Waals surface area contributed by atoms with Gasteiger partial charge in [-0.15, -0.1) is 0 Å². The first-order valence-electron chi connectivity index (χ1n) is 6.86. The molecule has 0 aliphatic carbocycles. The highest BCUT2D eigenvalue weighted by Gasteiger charge is 2.10. The Labute approximate surface area is 115 Å². The summed E-state index contributed by atoms with van der Waals surface area (Å²) in [6, 6.07) is 15.5. The van der Waals surface area contributed by atoms with Crippen molar-refractivity contribution in [2.75, 3.05) is 23.8 Å². The zero-order chi connectivity index (χ0) is 13.2. The van der Waals surface area contributed by atoms with E-state index in [1.165, 1.54) is 28.1 Å². The van der Waals surface area contributed by atoms with Crippen molar-refractivity contribution in [3.8, 4) is 0 Å². The van der Waals surface area contributed by atoms with Crippen LogP contribution in [0.15, 0.2) is 42.5 Å². The van der Waals surface area contributed by atoms with Crippen LogP contribution in [0.2, 0.25) is 0 Å². The molecule has 0 radical (unpaired) electrons. The largest absolute Gasteiger partial charge is 0.384 e. The normalized spacial score (nSPS) is 12.9. The van der Waals surface area contributed by atoms with Crippen LogP contribution in [0.25, 0.3) is 0 Å². The van der Waals surface area contributed by atoms with E-state index in [0.717, 1.165) is 19.5 Å². The average Bonchev–Trinajstić information content (AvgIpc) is 2.87. The second-order valence-electron chi connectivity index (χ2n) is 5.36. The Balaban J connectivity index is 1.75. The summed E-state index contributed by atoms with van der Waals surface area (Å²) in [6.45, 7) is 4.14. The molecule has 1 heterocycles. The Bertz CT molecular complexity index is 572. The molecule has 2 nitrogen and oxygen atoms in total. The molecule has 2 aromatic rings. The van der Waals surface area contributed by atoms with E-state index in [1.54, 1.807) is 0 Å². The van der Waals surface area contributed by atoms with Crippen molar-refractivity contribution in [2.45, 2.75) is 19.9 Å². The van der Waals surface area contributed by atoms with Gasteiger partial charge in [0.25, 0.3) is 0 Å². The van der Waals surface area contributed by atoms with Gasteiger partial charge >= 0.3 is 0 Å². The minimum Gasteiger partial charge on any atom is -0.384 e. The van der Waals surface area contributed by atoms with Gasteiger partial charge in [0, 0.05) is 31.5 Å². The molecule has 1 aliphatic rings. The Morgan fingerprint density at radius 3 is 2.68 bits per heavy atom. The van der Waals surface area contributed by atoms with Crippen molar-refractivity contribution in [3.63, 3.8) is 0 Å². The fourth-order valence-electron chi connectivity index (χ4n) is 2.60. The molecule has 0 bridgehead atoms. The fourth-order valence-corrected chi connectivity index (χ4v) is 2.60. The zero-order valence-corrected chi connectivity index (χ0v) is 11.6. The van der Waals surface area contributed by atoms with E-state index in [1.807, 2.05) is 0 Å². The van der Waals surface area contributed by atoms with Gasteiger partial charge in [-0.3, -0.25) is 0 Å². The molecule has 1 aliphatic heterocycles. The summed E-state index contributed by atoms with van der Waals surface area (Å²) < 4.78 is 0. The predicted octanol–water partition coefficient (Wildman–Crippen LogP) is 3.60. The quantitative estimate of drug-likeness (QED) is 0.898. The predicted molar refractivity (Wildman–Crippen MR) is 81.9 cm³/mol. The van der Waals surface area contributed by atoms with Gasteiger partial charge in [0.15, 0.2) is 0 Å². The van der Waals surface area contributed by atoms with Gasteiger partial charge in [-0.05, 0) is 42.7 Å². The molecule has 2 aromatic carbocycles. The molecule has 19 heavy (non-hydrogen) atoms. The molecule has 0 atom stereocenters. The van der Waals surface area contributed by atoms with E-state index in [9.17, 15) is 0 Å². The molecule has 3 rings (SSSR count). The number of nitrogens with one attached hydrogen (secondary N) is 1. The second-order valence-corrected chi connectivity index (χ2v) is 5.36. The lowest BCUT2D eigenvalue weighted by atomic mass is 10.1. The van der Waals surface area contributed by atoms with Gasteiger partial charge in [0.05, 0.1) is 0 Å². The van der Waals surface area contributed by atoms with Crippen LogP contribution >= 0.6 is 0 Å². The van der Waals surface area contributed by atoms with E-state index in [0.29, 0.717) is 0 Å². The molecule has 1 N–H and O–H groups in total. The van der Waals surface area contributed by atoms with Crippen LogP contribution < -0.4 is 10.2 Å². The molecule has 2 heteroatoms. The molecule has 0 aromatic heterocycles. The number of hydrogen-bond donors (Lipinski definition) is 1. The highest BCUT2D eigenvalue weighted by molar-refractivity contribution is 5.57. The van der Waals surface area contributed by atoms with Crippen molar-refractivity contribution in [1.29, 1.82) is 0 Å². The SMILES string of the molecule is Cc1ccc(N(C)Cc2ccc3c(c2)NCC3)cc1. The molecule has 0 spiro atoms. The molecule has 0 saturated carbocycles. The second kappa shape index (κ2) is 4.96.